The highest BCUT2D eigenvalue weighted by atomic mass is 32.2. The summed E-state index contributed by atoms with van der Waals surface area (Å²) in [6.45, 7) is 2.72. The molecule has 0 aliphatic carbocycles. The third kappa shape index (κ3) is 4.20. The summed E-state index contributed by atoms with van der Waals surface area (Å²) in [5, 5.41) is 5.64. The lowest BCUT2D eigenvalue weighted by Gasteiger charge is -2.25. The van der Waals surface area contributed by atoms with Crippen LogP contribution in [0.5, 0.6) is 0 Å². The molecule has 1 heterocycles. The molecule has 0 unspecified atom stereocenters. The molecule has 18 heavy (non-hydrogen) atoms. The van der Waals surface area contributed by atoms with Crippen LogP contribution in [-0.2, 0) is 15.0 Å². The van der Waals surface area contributed by atoms with E-state index in [0.29, 0.717) is 19.6 Å². The molecule has 1 saturated heterocycles. The maximum Gasteiger partial charge on any atom is 0.281 e. The van der Waals surface area contributed by atoms with Crippen LogP contribution >= 0.6 is 0 Å². The number of nitrogens with one attached hydrogen (secondary N) is 2. The highest BCUT2D eigenvalue weighted by molar-refractivity contribution is 7.86. The lowest BCUT2D eigenvalue weighted by atomic mass is 10.4. The molecule has 0 atom stereocenters. The molecule has 0 spiro atoms. The Morgan fingerprint density at radius 1 is 1.39 bits per heavy atom. The molecular formula is C10H22N4O3S. The largest absolute Gasteiger partial charge is 0.359 e. The molecule has 1 fully saturated rings. The fourth-order valence-electron chi connectivity index (χ4n) is 1.75. The summed E-state index contributed by atoms with van der Waals surface area (Å²) < 4.78 is 27.2. The lowest BCUT2D eigenvalue weighted by Crippen LogP contribution is -2.44. The highest BCUT2D eigenvalue weighted by Gasteiger charge is 2.27. The van der Waals surface area contributed by atoms with Crippen molar-refractivity contribution >= 4 is 16.1 Å². The van der Waals surface area contributed by atoms with E-state index in [-0.39, 0.29) is 18.9 Å². The van der Waals surface area contributed by atoms with Gasteiger partial charge in [0.25, 0.3) is 10.2 Å². The quantitative estimate of drug-likeness (QED) is 0.648. The maximum absolute atomic E-state index is 12.2. The Morgan fingerprint density at radius 2 is 2.11 bits per heavy atom. The fraction of sp³-hybridized carbons (Fsp3) is 0.900. The predicted octanol–water partition coefficient (Wildman–Crippen LogP) is -1.41. The summed E-state index contributed by atoms with van der Waals surface area (Å²) in [6, 6.07) is 0. The first-order chi connectivity index (χ1) is 8.48. The van der Waals surface area contributed by atoms with Gasteiger partial charge in [-0.05, 0) is 13.0 Å². The average Bonchev–Trinajstić information content (AvgIpc) is 2.64. The molecule has 0 saturated carbocycles. The van der Waals surface area contributed by atoms with Gasteiger partial charge in [0.1, 0.15) is 0 Å². The van der Waals surface area contributed by atoms with Gasteiger partial charge in [-0.1, -0.05) is 0 Å². The second kappa shape index (κ2) is 7.03. The monoisotopic (exact) mass is 278 g/mol. The molecule has 1 amide bonds. The SMILES string of the molecule is CNC(=O)CCN(C)S(=O)(=O)N1CCCNCC1. The van der Waals surface area contributed by atoms with E-state index in [4.69, 9.17) is 0 Å². The van der Waals surface area contributed by atoms with Gasteiger partial charge >= 0.3 is 0 Å². The van der Waals surface area contributed by atoms with Gasteiger partial charge in [-0.25, -0.2) is 0 Å². The first-order valence-electron chi connectivity index (χ1n) is 6.11. The summed E-state index contributed by atoms with van der Waals surface area (Å²) in [6.07, 6.45) is 0.987. The van der Waals surface area contributed by atoms with Crippen LogP contribution in [0.1, 0.15) is 12.8 Å². The molecule has 106 valence electrons. The van der Waals surface area contributed by atoms with Gasteiger partial charge in [-0.2, -0.15) is 17.0 Å². The Balaban J connectivity index is 2.57. The van der Waals surface area contributed by atoms with Crippen LogP contribution in [0.15, 0.2) is 0 Å². The van der Waals surface area contributed by atoms with Crippen LogP contribution in [-0.4, -0.2) is 69.8 Å². The molecule has 1 aliphatic heterocycles. The van der Waals surface area contributed by atoms with Crippen molar-refractivity contribution < 1.29 is 13.2 Å². The number of rotatable bonds is 5. The number of hydrogen-bond donors (Lipinski definition) is 2. The number of carbonyl (C=O) groups excluding carboxylic acids is 1. The fourth-order valence-corrected chi connectivity index (χ4v) is 3.15. The Morgan fingerprint density at radius 3 is 2.78 bits per heavy atom. The first kappa shape index (κ1) is 15.4. The van der Waals surface area contributed by atoms with Crippen molar-refractivity contribution in [3.63, 3.8) is 0 Å². The van der Waals surface area contributed by atoms with Crippen LogP contribution in [0.3, 0.4) is 0 Å². The first-order valence-corrected chi connectivity index (χ1v) is 7.51. The van der Waals surface area contributed by atoms with Gasteiger partial charge in [0.05, 0.1) is 0 Å². The minimum atomic E-state index is -3.44. The second-order valence-electron chi connectivity index (χ2n) is 4.26. The molecular weight excluding hydrogens is 256 g/mol. The second-order valence-corrected chi connectivity index (χ2v) is 6.29. The molecule has 8 heteroatoms. The van der Waals surface area contributed by atoms with E-state index in [1.165, 1.54) is 22.7 Å². The highest BCUT2D eigenvalue weighted by Crippen LogP contribution is 2.08. The summed E-state index contributed by atoms with van der Waals surface area (Å²) in [5.74, 6) is -0.158. The van der Waals surface area contributed by atoms with E-state index in [0.717, 1.165) is 13.0 Å². The number of carbonyl (C=O) groups is 1. The number of nitrogens with zero attached hydrogens (tertiary/aromatic N) is 2. The summed E-state index contributed by atoms with van der Waals surface area (Å²) >= 11 is 0. The van der Waals surface area contributed by atoms with E-state index < -0.39 is 10.2 Å². The number of amides is 1. The van der Waals surface area contributed by atoms with Crippen LogP contribution < -0.4 is 10.6 Å². The maximum atomic E-state index is 12.2. The summed E-state index contributed by atoms with van der Waals surface area (Å²) in [4.78, 5) is 11.1. The van der Waals surface area contributed by atoms with Crippen molar-refractivity contribution in [3.05, 3.63) is 0 Å². The molecule has 0 bridgehead atoms. The topological polar surface area (TPSA) is 81.8 Å². The molecule has 1 aliphatic rings. The van der Waals surface area contributed by atoms with Crippen LogP contribution in [0.2, 0.25) is 0 Å². The minimum absolute atomic E-state index is 0.158. The Labute approximate surface area is 109 Å². The van der Waals surface area contributed by atoms with Gasteiger partial charge in [0.2, 0.25) is 5.91 Å². The van der Waals surface area contributed by atoms with Crippen molar-refractivity contribution in [1.29, 1.82) is 0 Å². The lowest BCUT2D eigenvalue weighted by molar-refractivity contribution is -0.120. The zero-order valence-electron chi connectivity index (χ0n) is 11.0. The third-order valence-electron chi connectivity index (χ3n) is 2.95. The molecule has 0 aromatic heterocycles. The average molecular weight is 278 g/mol. The molecule has 0 aromatic carbocycles. The smallest absolute Gasteiger partial charge is 0.281 e. The van der Waals surface area contributed by atoms with Crippen molar-refractivity contribution in [2.45, 2.75) is 12.8 Å². The van der Waals surface area contributed by atoms with E-state index in [1.807, 2.05) is 0 Å². The van der Waals surface area contributed by atoms with Crippen LogP contribution in [0.4, 0.5) is 0 Å². The molecule has 1 rings (SSSR count). The summed E-state index contributed by atoms with van der Waals surface area (Å²) in [5.41, 5.74) is 0. The Kier molecular flexibility index (Phi) is 6.00. The van der Waals surface area contributed by atoms with Gasteiger partial charge < -0.3 is 10.6 Å². The number of hydrogen-bond acceptors (Lipinski definition) is 4. The van der Waals surface area contributed by atoms with E-state index >= 15 is 0 Å². The van der Waals surface area contributed by atoms with E-state index in [9.17, 15) is 13.2 Å². The van der Waals surface area contributed by atoms with E-state index in [2.05, 4.69) is 10.6 Å². The minimum Gasteiger partial charge on any atom is -0.359 e. The zero-order valence-corrected chi connectivity index (χ0v) is 11.8. The van der Waals surface area contributed by atoms with Crippen LogP contribution in [0, 0.1) is 0 Å². The normalized spacial score (nSPS) is 18.6. The van der Waals surface area contributed by atoms with Gasteiger partial charge in [0, 0.05) is 46.7 Å². The van der Waals surface area contributed by atoms with Crippen LogP contribution in [0.25, 0.3) is 0 Å². The van der Waals surface area contributed by atoms with Gasteiger partial charge in [-0.15, -0.1) is 0 Å². The van der Waals surface area contributed by atoms with E-state index in [1.54, 1.807) is 0 Å². The zero-order chi connectivity index (χ0) is 13.6. The van der Waals surface area contributed by atoms with Gasteiger partial charge in [0.15, 0.2) is 0 Å². The van der Waals surface area contributed by atoms with Crippen molar-refractivity contribution in [3.8, 4) is 0 Å². The van der Waals surface area contributed by atoms with Crippen molar-refractivity contribution in [2.75, 3.05) is 46.8 Å². The van der Waals surface area contributed by atoms with Gasteiger partial charge in [-0.3, -0.25) is 4.79 Å². The molecule has 7 nitrogen and oxygen atoms in total. The van der Waals surface area contributed by atoms with Crippen molar-refractivity contribution in [2.24, 2.45) is 0 Å². The standard InChI is InChI=1S/C10H22N4O3S/c1-11-10(15)4-8-13(2)18(16,17)14-7-3-5-12-6-9-14/h12H,3-9H2,1-2H3,(H,11,15). The Hall–Kier alpha value is -0.700. The molecule has 0 radical (unpaired) electrons. The molecule has 2 N–H and O–H groups in total. The Bertz CT molecular complexity index is 363. The van der Waals surface area contributed by atoms with Crippen molar-refractivity contribution in [1.82, 2.24) is 19.2 Å². The predicted molar refractivity (Wildman–Crippen MR) is 69.3 cm³/mol. The summed E-state index contributed by atoms with van der Waals surface area (Å²) in [7, 11) is -0.393. The molecule has 0 aromatic rings. The third-order valence-corrected chi connectivity index (χ3v) is 4.94.